The number of hydrogen-bond donors (Lipinski definition) is 0. The molecule has 2 aromatic rings. The Kier molecular flexibility index (Phi) is 14.5. The van der Waals surface area contributed by atoms with Crippen LogP contribution in [-0.4, -0.2) is 76.6 Å². The van der Waals surface area contributed by atoms with Crippen LogP contribution < -0.4 is 38.0 Å². The number of pyridine rings is 2. The first-order valence-corrected chi connectivity index (χ1v) is 15.4. The average molecular weight is 727 g/mol. The second-order valence-electron chi connectivity index (χ2n) is 13.3. The molecule has 0 bridgehead atoms. The van der Waals surface area contributed by atoms with Gasteiger partial charge in [-0.15, -0.1) is 0 Å². The van der Waals surface area contributed by atoms with E-state index in [1.165, 1.54) is 0 Å². The third-order valence-electron chi connectivity index (χ3n) is 6.86. The molecular formula is C33H51IN4O6. The number of amides is 2. The van der Waals surface area contributed by atoms with Crippen molar-refractivity contribution in [1.82, 2.24) is 14.8 Å². The maximum Gasteiger partial charge on any atom is 0.410 e. The van der Waals surface area contributed by atoms with Gasteiger partial charge in [-0.25, -0.2) is 14.2 Å². The molecule has 2 aliphatic heterocycles. The summed E-state index contributed by atoms with van der Waals surface area (Å²) in [4.78, 5) is 31.4. The first-order chi connectivity index (χ1) is 20.2. The summed E-state index contributed by atoms with van der Waals surface area (Å²) in [6.07, 6.45) is 10.6. The van der Waals surface area contributed by atoms with E-state index in [-0.39, 0.29) is 48.4 Å². The fraction of sp³-hybridized carbons (Fsp3) is 0.636. The number of carbonyl (C=O) groups excluding carboxylic acids is 2. The summed E-state index contributed by atoms with van der Waals surface area (Å²) in [5.41, 5.74) is -0.887. The smallest absolute Gasteiger partial charge is 0.410 e. The zero-order chi connectivity index (χ0) is 31.6. The van der Waals surface area contributed by atoms with Crippen LogP contribution in [0.2, 0.25) is 0 Å². The van der Waals surface area contributed by atoms with Gasteiger partial charge in [0.25, 0.3) is 0 Å². The Morgan fingerprint density at radius 2 is 1.09 bits per heavy atom. The highest BCUT2D eigenvalue weighted by atomic mass is 127. The molecule has 0 spiro atoms. The quantitative estimate of drug-likeness (QED) is 0.346. The molecule has 2 saturated heterocycles. The number of hydrogen-bond acceptors (Lipinski definition) is 7. The molecule has 0 aliphatic carbocycles. The maximum atomic E-state index is 12.0. The highest BCUT2D eigenvalue weighted by Crippen LogP contribution is 2.21. The van der Waals surface area contributed by atoms with Gasteiger partial charge in [-0.1, -0.05) is 0 Å². The topological polar surface area (TPSA) is 94.3 Å². The molecule has 0 unspecified atom stereocenters. The van der Waals surface area contributed by atoms with Gasteiger partial charge in [0.15, 0.2) is 18.4 Å². The molecule has 2 amide bonds. The number of carbonyl (C=O) groups is 2. The molecule has 10 nitrogen and oxygen atoms in total. The van der Waals surface area contributed by atoms with Gasteiger partial charge in [-0.2, -0.15) is 0 Å². The van der Waals surface area contributed by atoms with E-state index >= 15 is 0 Å². The third kappa shape index (κ3) is 13.4. The van der Waals surface area contributed by atoms with Crippen LogP contribution in [0.1, 0.15) is 87.1 Å². The normalized spacial score (nSPS) is 16.3. The van der Waals surface area contributed by atoms with Gasteiger partial charge in [0.1, 0.15) is 34.9 Å². The van der Waals surface area contributed by atoms with Crippen molar-refractivity contribution >= 4 is 12.2 Å². The van der Waals surface area contributed by atoms with Crippen LogP contribution in [0.5, 0.6) is 11.5 Å². The van der Waals surface area contributed by atoms with Gasteiger partial charge >= 0.3 is 12.2 Å². The van der Waals surface area contributed by atoms with Crippen molar-refractivity contribution in [2.45, 2.75) is 111 Å². The van der Waals surface area contributed by atoms with Crippen molar-refractivity contribution in [3.63, 3.8) is 0 Å². The zero-order valence-corrected chi connectivity index (χ0v) is 29.8. The van der Waals surface area contributed by atoms with Crippen molar-refractivity contribution in [2.75, 3.05) is 26.2 Å². The second-order valence-corrected chi connectivity index (χ2v) is 13.3. The number of piperidine rings is 2. The summed E-state index contributed by atoms with van der Waals surface area (Å²) in [6, 6.07) is 8.14. The number of likely N-dealkylation sites (tertiary alicyclic amines) is 2. The molecule has 0 aromatic carbocycles. The van der Waals surface area contributed by atoms with Crippen molar-refractivity contribution in [1.29, 1.82) is 0 Å². The summed E-state index contributed by atoms with van der Waals surface area (Å²) in [5.74, 6) is 1.72. The van der Waals surface area contributed by atoms with E-state index < -0.39 is 11.2 Å². The lowest BCUT2D eigenvalue weighted by Crippen LogP contribution is -3.00. The number of nitrogens with zero attached hydrogens (tertiary/aromatic N) is 4. The van der Waals surface area contributed by atoms with Crippen molar-refractivity contribution in [2.24, 2.45) is 0 Å². The molecule has 2 aliphatic rings. The standard InChI is InChI=1S/C18H29N2O3.C15H22N2O3.HI/c1-14(2)19-10-6-15(7-11-19)22-16-8-12-20(13-9-16)17(21)23-18(3,4)5;1-15(2,3)20-14(18)17-10-6-13(7-11-17)19-12-4-8-16-9-5-12;/h6-7,10-11,14,16H,8-9,12-13H2,1-5H3;4-5,8-9,13H,6-7,10-11H2,1-3H3;1H/q+1;;/p-1. The first kappa shape index (κ1) is 37.4. The first-order valence-electron chi connectivity index (χ1n) is 15.4. The molecule has 0 saturated carbocycles. The summed E-state index contributed by atoms with van der Waals surface area (Å²) in [7, 11) is 0. The van der Waals surface area contributed by atoms with Crippen molar-refractivity contribution < 1.29 is 57.1 Å². The zero-order valence-electron chi connectivity index (χ0n) is 27.6. The summed E-state index contributed by atoms with van der Waals surface area (Å²) < 4.78 is 24.8. The molecule has 44 heavy (non-hydrogen) atoms. The van der Waals surface area contributed by atoms with E-state index in [1.54, 1.807) is 22.2 Å². The number of ether oxygens (including phenoxy) is 4. The molecular weight excluding hydrogens is 675 g/mol. The molecule has 4 heterocycles. The van der Waals surface area contributed by atoms with Crippen molar-refractivity contribution in [3.8, 4) is 11.5 Å². The van der Waals surface area contributed by atoms with Gasteiger partial charge < -0.3 is 52.7 Å². The fourth-order valence-electron chi connectivity index (χ4n) is 4.61. The van der Waals surface area contributed by atoms with Crippen molar-refractivity contribution in [3.05, 3.63) is 49.1 Å². The average Bonchev–Trinajstić information content (AvgIpc) is 2.93. The SMILES string of the molecule is CC(C)(C)OC(=O)N1CCC(Oc2ccncc2)CC1.CC(C)[n+]1ccc(OC2CCN(C(=O)OC(C)(C)C)CC2)cc1.[I-]. The largest absolute Gasteiger partial charge is 1.00 e. The van der Waals surface area contributed by atoms with Crippen LogP contribution in [0.4, 0.5) is 9.59 Å². The van der Waals surface area contributed by atoms with Crippen LogP contribution in [0, 0.1) is 0 Å². The van der Waals surface area contributed by atoms with E-state index in [0.717, 1.165) is 37.2 Å². The monoisotopic (exact) mass is 726 g/mol. The number of rotatable bonds is 5. The molecule has 0 radical (unpaired) electrons. The Morgan fingerprint density at radius 1 is 0.727 bits per heavy atom. The molecule has 0 N–H and O–H groups in total. The van der Waals surface area contributed by atoms with E-state index in [0.29, 0.717) is 32.2 Å². The lowest BCUT2D eigenvalue weighted by Gasteiger charge is -2.33. The van der Waals surface area contributed by atoms with Gasteiger partial charge in [0, 0.05) is 76.4 Å². The minimum Gasteiger partial charge on any atom is -1.00 e. The highest BCUT2D eigenvalue weighted by molar-refractivity contribution is 5.68. The minimum atomic E-state index is -0.444. The predicted octanol–water partition coefficient (Wildman–Crippen LogP) is 3.20. The molecule has 246 valence electrons. The molecule has 4 rings (SSSR count). The van der Waals surface area contributed by atoms with Gasteiger partial charge in [0.05, 0.1) is 0 Å². The minimum absolute atomic E-state index is 0. The van der Waals surface area contributed by atoms with Gasteiger partial charge in [-0.3, -0.25) is 4.98 Å². The van der Waals surface area contributed by atoms with Crippen LogP contribution in [0.25, 0.3) is 0 Å². The van der Waals surface area contributed by atoms with E-state index in [2.05, 4.69) is 23.4 Å². The van der Waals surface area contributed by atoms with Crippen LogP contribution in [0.15, 0.2) is 49.1 Å². The Hall–Kier alpha value is -2.83. The van der Waals surface area contributed by atoms with Crippen LogP contribution in [0.3, 0.4) is 0 Å². The third-order valence-corrected chi connectivity index (χ3v) is 6.86. The molecule has 0 atom stereocenters. The molecule has 2 aromatic heterocycles. The van der Waals surface area contributed by atoms with E-state index in [9.17, 15) is 9.59 Å². The Balaban J connectivity index is 0.000000303. The van der Waals surface area contributed by atoms with Crippen LogP contribution >= 0.6 is 0 Å². The predicted molar refractivity (Wildman–Crippen MR) is 164 cm³/mol. The number of halogens is 1. The summed E-state index contributed by atoms with van der Waals surface area (Å²) in [5, 5.41) is 0. The van der Waals surface area contributed by atoms with Gasteiger partial charge in [-0.05, 0) is 67.5 Å². The lowest BCUT2D eigenvalue weighted by atomic mass is 10.1. The second kappa shape index (κ2) is 17.0. The molecule has 11 heteroatoms. The Morgan fingerprint density at radius 3 is 1.43 bits per heavy atom. The summed E-state index contributed by atoms with van der Waals surface area (Å²) in [6.45, 7) is 18.3. The van der Waals surface area contributed by atoms with Crippen LogP contribution in [-0.2, 0) is 9.47 Å². The van der Waals surface area contributed by atoms with E-state index in [4.69, 9.17) is 18.9 Å². The summed E-state index contributed by atoms with van der Waals surface area (Å²) >= 11 is 0. The maximum absolute atomic E-state index is 12.0. The van der Waals surface area contributed by atoms with Gasteiger partial charge in [0.2, 0.25) is 0 Å². The highest BCUT2D eigenvalue weighted by Gasteiger charge is 2.29. The lowest BCUT2D eigenvalue weighted by molar-refractivity contribution is -0.716. The molecule has 2 fully saturated rings. The Bertz CT molecular complexity index is 1140. The number of aromatic nitrogens is 2. The van der Waals surface area contributed by atoms with E-state index in [1.807, 2.05) is 78.2 Å². The Labute approximate surface area is 280 Å². The fourth-order valence-corrected chi connectivity index (χ4v) is 4.61.